The van der Waals surface area contributed by atoms with Gasteiger partial charge in [0.2, 0.25) is 0 Å². The van der Waals surface area contributed by atoms with Gasteiger partial charge in [0.25, 0.3) is 0 Å². The monoisotopic (exact) mass is 308 g/mol. The maximum absolute atomic E-state index is 13.6. The van der Waals surface area contributed by atoms with Crippen LogP contribution >= 0.6 is 15.9 Å². The van der Waals surface area contributed by atoms with Gasteiger partial charge < -0.3 is 0 Å². The van der Waals surface area contributed by atoms with Gasteiger partial charge in [0.1, 0.15) is 5.82 Å². The number of nitrogens with one attached hydrogen (secondary N) is 1. The van der Waals surface area contributed by atoms with Crippen LogP contribution in [-0.2, 0) is 0 Å². The molecule has 0 aliphatic rings. The fourth-order valence-electron chi connectivity index (χ4n) is 1.96. The van der Waals surface area contributed by atoms with E-state index in [4.69, 9.17) is 5.84 Å². The van der Waals surface area contributed by atoms with Crippen LogP contribution in [-0.4, -0.2) is 0 Å². The molecule has 0 radical (unpaired) electrons. The van der Waals surface area contributed by atoms with Gasteiger partial charge in [0.15, 0.2) is 0 Å². The Hall–Kier alpha value is -1.23. The van der Waals surface area contributed by atoms with E-state index in [-0.39, 0.29) is 11.9 Å². The maximum atomic E-state index is 13.6. The molecule has 2 aromatic carbocycles. The second kappa shape index (κ2) is 5.61. The molecular weight excluding hydrogens is 295 g/mol. The van der Waals surface area contributed by atoms with Crippen LogP contribution < -0.4 is 11.3 Å². The van der Waals surface area contributed by atoms with Crippen molar-refractivity contribution in [2.45, 2.75) is 13.0 Å². The second-order valence-electron chi connectivity index (χ2n) is 4.16. The molecule has 1 atom stereocenters. The van der Waals surface area contributed by atoms with Crippen LogP contribution in [0.1, 0.15) is 22.7 Å². The Kier molecular flexibility index (Phi) is 4.11. The number of rotatable bonds is 3. The molecule has 94 valence electrons. The fourth-order valence-corrected chi connectivity index (χ4v) is 2.45. The molecule has 0 fully saturated rings. The summed E-state index contributed by atoms with van der Waals surface area (Å²) >= 11 is 3.27. The highest BCUT2D eigenvalue weighted by Crippen LogP contribution is 2.30. The summed E-state index contributed by atoms with van der Waals surface area (Å²) in [5.74, 6) is 5.32. The van der Waals surface area contributed by atoms with E-state index in [0.29, 0.717) is 4.47 Å². The number of benzene rings is 2. The van der Waals surface area contributed by atoms with Crippen LogP contribution in [0.5, 0.6) is 0 Å². The lowest BCUT2D eigenvalue weighted by molar-refractivity contribution is 0.597. The highest BCUT2D eigenvalue weighted by atomic mass is 79.9. The van der Waals surface area contributed by atoms with Crippen LogP contribution in [0.4, 0.5) is 4.39 Å². The molecule has 4 heteroatoms. The molecule has 0 heterocycles. The normalized spacial score (nSPS) is 12.4. The van der Waals surface area contributed by atoms with Crippen LogP contribution in [0.3, 0.4) is 0 Å². The lowest BCUT2D eigenvalue weighted by Gasteiger charge is -2.19. The van der Waals surface area contributed by atoms with E-state index in [9.17, 15) is 4.39 Å². The number of nitrogens with two attached hydrogens (primary N) is 1. The molecule has 18 heavy (non-hydrogen) atoms. The summed E-state index contributed by atoms with van der Waals surface area (Å²) in [6.07, 6.45) is 0. The number of aryl methyl sites for hydroxylation is 1. The molecule has 1 unspecified atom stereocenters. The van der Waals surface area contributed by atoms with Crippen molar-refractivity contribution in [2.75, 3.05) is 0 Å². The van der Waals surface area contributed by atoms with Crippen molar-refractivity contribution in [1.82, 2.24) is 5.43 Å². The van der Waals surface area contributed by atoms with Crippen molar-refractivity contribution in [1.29, 1.82) is 0 Å². The third-order valence-electron chi connectivity index (χ3n) is 2.83. The van der Waals surface area contributed by atoms with Gasteiger partial charge in [-0.05, 0) is 40.0 Å². The molecule has 0 spiro atoms. The molecule has 3 N–H and O–H groups in total. The van der Waals surface area contributed by atoms with Crippen molar-refractivity contribution in [3.8, 4) is 0 Å². The van der Waals surface area contributed by atoms with Gasteiger partial charge in [0.05, 0.1) is 10.5 Å². The van der Waals surface area contributed by atoms with E-state index in [0.717, 1.165) is 16.7 Å². The topological polar surface area (TPSA) is 38.0 Å². The average molecular weight is 309 g/mol. The predicted octanol–water partition coefficient (Wildman–Crippen LogP) is 3.45. The fraction of sp³-hybridized carbons (Fsp3) is 0.143. The van der Waals surface area contributed by atoms with Gasteiger partial charge >= 0.3 is 0 Å². The molecule has 0 aliphatic carbocycles. The lowest BCUT2D eigenvalue weighted by atomic mass is 9.98. The first-order chi connectivity index (χ1) is 8.63. The Labute approximate surface area is 114 Å². The van der Waals surface area contributed by atoms with E-state index in [2.05, 4.69) is 21.4 Å². The van der Waals surface area contributed by atoms with Gasteiger partial charge in [0, 0.05) is 0 Å². The number of hydrazine groups is 1. The minimum absolute atomic E-state index is 0.241. The third-order valence-corrected chi connectivity index (χ3v) is 3.67. The van der Waals surface area contributed by atoms with Crippen molar-refractivity contribution >= 4 is 15.9 Å². The summed E-state index contributed by atoms with van der Waals surface area (Å²) in [6.45, 7) is 2.01. The summed E-state index contributed by atoms with van der Waals surface area (Å²) in [5, 5.41) is 0. The molecule has 0 aliphatic heterocycles. The Morgan fingerprint density at radius 2 is 1.94 bits per heavy atom. The summed E-state index contributed by atoms with van der Waals surface area (Å²) in [4.78, 5) is 0. The molecule has 2 rings (SSSR count). The Morgan fingerprint density at radius 1 is 1.22 bits per heavy atom. The molecule has 0 saturated heterocycles. The quantitative estimate of drug-likeness (QED) is 0.673. The van der Waals surface area contributed by atoms with Crippen molar-refractivity contribution in [3.05, 3.63) is 69.4 Å². The zero-order valence-corrected chi connectivity index (χ0v) is 11.5. The Balaban J connectivity index is 2.49. The smallest absolute Gasteiger partial charge is 0.137 e. The van der Waals surface area contributed by atoms with Gasteiger partial charge in [-0.15, -0.1) is 0 Å². The standard InChI is InChI=1S/C14H14BrFN2/c1-9-4-2-5-10(8-9)14(18-17)11-6-3-7-12(16)13(11)15/h2-8,14,18H,17H2,1H3. The van der Waals surface area contributed by atoms with E-state index >= 15 is 0 Å². The number of hydrogen-bond acceptors (Lipinski definition) is 2. The predicted molar refractivity (Wildman–Crippen MR) is 74.4 cm³/mol. The van der Waals surface area contributed by atoms with Gasteiger partial charge in [-0.1, -0.05) is 42.0 Å². The lowest BCUT2D eigenvalue weighted by Crippen LogP contribution is -2.29. The minimum Gasteiger partial charge on any atom is -0.271 e. The SMILES string of the molecule is Cc1cccc(C(NN)c2cccc(F)c2Br)c1. The number of halogens is 2. The summed E-state index contributed by atoms with van der Waals surface area (Å²) in [6, 6.07) is 12.7. The minimum atomic E-state index is -0.291. The average Bonchev–Trinajstić information content (AvgIpc) is 2.35. The summed E-state index contributed by atoms with van der Waals surface area (Å²) in [7, 11) is 0. The zero-order valence-electron chi connectivity index (χ0n) is 9.95. The van der Waals surface area contributed by atoms with Gasteiger partial charge in [-0.2, -0.15) is 0 Å². The first-order valence-corrected chi connectivity index (χ1v) is 6.39. The Bertz CT molecular complexity index is 557. The molecular formula is C14H14BrFN2. The van der Waals surface area contributed by atoms with Crippen LogP contribution in [0, 0.1) is 12.7 Å². The van der Waals surface area contributed by atoms with E-state index in [1.165, 1.54) is 6.07 Å². The van der Waals surface area contributed by atoms with Gasteiger partial charge in [-0.25, -0.2) is 9.82 Å². The molecule has 0 amide bonds. The highest BCUT2D eigenvalue weighted by Gasteiger charge is 2.17. The maximum Gasteiger partial charge on any atom is 0.137 e. The van der Waals surface area contributed by atoms with E-state index in [1.807, 2.05) is 37.3 Å². The Morgan fingerprint density at radius 3 is 2.61 bits per heavy atom. The molecule has 2 aromatic rings. The van der Waals surface area contributed by atoms with Crippen LogP contribution in [0.15, 0.2) is 46.9 Å². The van der Waals surface area contributed by atoms with Crippen molar-refractivity contribution in [2.24, 2.45) is 5.84 Å². The largest absolute Gasteiger partial charge is 0.271 e. The highest BCUT2D eigenvalue weighted by molar-refractivity contribution is 9.10. The molecule has 0 bridgehead atoms. The van der Waals surface area contributed by atoms with Gasteiger partial charge in [-0.3, -0.25) is 5.84 Å². The van der Waals surface area contributed by atoms with Crippen molar-refractivity contribution in [3.63, 3.8) is 0 Å². The zero-order chi connectivity index (χ0) is 13.1. The number of hydrogen-bond donors (Lipinski definition) is 2. The summed E-state index contributed by atoms with van der Waals surface area (Å²) in [5.41, 5.74) is 5.66. The van der Waals surface area contributed by atoms with Crippen LogP contribution in [0.25, 0.3) is 0 Å². The molecule has 2 nitrogen and oxygen atoms in total. The second-order valence-corrected chi connectivity index (χ2v) is 4.95. The van der Waals surface area contributed by atoms with E-state index < -0.39 is 0 Å². The molecule has 0 aromatic heterocycles. The molecule has 0 saturated carbocycles. The third kappa shape index (κ3) is 2.61. The van der Waals surface area contributed by atoms with Crippen molar-refractivity contribution < 1.29 is 4.39 Å². The van der Waals surface area contributed by atoms with Crippen LogP contribution in [0.2, 0.25) is 0 Å². The first-order valence-electron chi connectivity index (χ1n) is 5.60. The van der Waals surface area contributed by atoms with E-state index in [1.54, 1.807) is 6.07 Å². The summed E-state index contributed by atoms with van der Waals surface area (Å²) < 4.78 is 14.0. The first kappa shape index (κ1) is 13.2.